The van der Waals surface area contributed by atoms with Crippen molar-refractivity contribution in [2.24, 2.45) is 0 Å². The van der Waals surface area contributed by atoms with Gasteiger partial charge in [0.05, 0.1) is 28.8 Å². The minimum Gasteiger partial charge on any atom is -0.481 e. The summed E-state index contributed by atoms with van der Waals surface area (Å²) < 4.78 is 24.0. The Hall–Kier alpha value is -1.02. The van der Waals surface area contributed by atoms with Crippen LogP contribution in [0.1, 0.15) is 24.5 Å². The summed E-state index contributed by atoms with van der Waals surface area (Å²) >= 11 is 1.18. The zero-order chi connectivity index (χ0) is 14.0. The van der Waals surface area contributed by atoms with Crippen molar-refractivity contribution >= 4 is 27.6 Å². The summed E-state index contributed by atoms with van der Waals surface area (Å²) in [6.07, 6.45) is 3.39. The molecule has 0 spiro atoms. The summed E-state index contributed by atoms with van der Waals surface area (Å²) in [5, 5.41) is 13.8. The summed E-state index contributed by atoms with van der Waals surface area (Å²) in [5.74, 6) is -0.467. The van der Waals surface area contributed by atoms with Crippen molar-refractivity contribution in [1.29, 1.82) is 0 Å². The Balaban J connectivity index is 2.11. The molecule has 0 atom stereocenters. The van der Waals surface area contributed by atoms with E-state index in [0.717, 1.165) is 23.6 Å². The van der Waals surface area contributed by atoms with Gasteiger partial charge >= 0.3 is 5.97 Å². The number of sulfone groups is 1. The Kier molecular flexibility index (Phi) is 4.19. The average molecular weight is 304 g/mol. The van der Waals surface area contributed by atoms with E-state index in [1.54, 1.807) is 4.68 Å². The van der Waals surface area contributed by atoms with Crippen molar-refractivity contribution in [1.82, 2.24) is 9.78 Å². The second-order valence-electron chi connectivity index (χ2n) is 4.72. The molecule has 106 valence electrons. The number of aryl methyl sites for hydroxylation is 1. The van der Waals surface area contributed by atoms with Gasteiger partial charge in [0.2, 0.25) is 0 Å². The lowest BCUT2D eigenvalue weighted by molar-refractivity contribution is -0.133. The number of aromatic nitrogens is 2. The summed E-state index contributed by atoms with van der Waals surface area (Å²) in [6, 6.07) is 1.88. The smallest absolute Gasteiger partial charge is 0.313 e. The second-order valence-corrected chi connectivity index (χ2v) is 7.97. The molecule has 1 aromatic rings. The van der Waals surface area contributed by atoms with E-state index in [1.807, 2.05) is 6.07 Å². The van der Waals surface area contributed by atoms with Crippen molar-refractivity contribution in [3.8, 4) is 0 Å². The van der Waals surface area contributed by atoms with E-state index in [9.17, 15) is 13.2 Å². The van der Waals surface area contributed by atoms with E-state index in [1.165, 1.54) is 18.0 Å². The Labute approximate surface area is 116 Å². The van der Waals surface area contributed by atoms with E-state index >= 15 is 0 Å². The number of thioether (sulfide) groups is 1. The van der Waals surface area contributed by atoms with E-state index in [-0.39, 0.29) is 18.1 Å². The lowest BCUT2D eigenvalue weighted by Gasteiger charge is -2.05. The normalized spacial score (nSPS) is 15.6. The SMILES string of the molecule is CS(=O)(=O)CCn1nc(C2CC2)cc1SCC(=O)O. The molecule has 6 nitrogen and oxygen atoms in total. The molecule has 0 radical (unpaired) electrons. The number of aliphatic carboxylic acids is 1. The van der Waals surface area contributed by atoms with Gasteiger partial charge in [-0.15, -0.1) is 0 Å². The first-order valence-corrected chi connectivity index (χ1v) is 9.00. The molecule has 0 aromatic carbocycles. The third-order valence-electron chi connectivity index (χ3n) is 2.77. The van der Waals surface area contributed by atoms with Crippen molar-refractivity contribution in [3.63, 3.8) is 0 Å². The minimum absolute atomic E-state index is 0.0133. The van der Waals surface area contributed by atoms with Gasteiger partial charge in [0.15, 0.2) is 0 Å². The molecule has 1 heterocycles. The maximum absolute atomic E-state index is 11.2. The molecule has 0 bridgehead atoms. The number of carboxylic acids is 1. The molecule has 2 rings (SSSR count). The lowest BCUT2D eigenvalue weighted by atomic mass is 10.3. The lowest BCUT2D eigenvalue weighted by Crippen LogP contribution is -2.13. The molecule has 0 saturated heterocycles. The van der Waals surface area contributed by atoms with E-state index < -0.39 is 15.8 Å². The largest absolute Gasteiger partial charge is 0.481 e. The van der Waals surface area contributed by atoms with Gasteiger partial charge in [-0.25, -0.2) is 8.42 Å². The van der Waals surface area contributed by atoms with Crippen molar-refractivity contribution in [2.75, 3.05) is 17.8 Å². The summed E-state index contributed by atoms with van der Waals surface area (Å²) in [6.45, 7) is 0.271. The zero-order valence-corrected chi connectivity index (χ0v) is 12.2. The number of carboxylic acid groups (broad SMARTS) is 1. The minimum atomic E-state index is -3.05. The number of hydrogen-bond donors (Lipinski definition) is 1. The first-order valence-electron chi connectivity index (χ1n) is 5.95. The number of nitrogens with zero attached hydrogens (tertiary/aromatic N) is 2. The summed E-state index contributed by atoms with van der Waals surface area (Å²) in [4.78, 5) is 10.6. The molecule has 1 aliphatic rings. The highest BCUT2D eigenvalue weighted by Gasteiger charge is 2.27. The maximum atomic E-state index is 11.2. The van der Waals surface area contributed by atoms with Crippen LogP contribution in [0.15, 0.2) is 11.1 Å². The van der Waals surface area contributed by atoms with E-state index in [4.69, 9.17) is 5.11 Å². The monoisotopic (exact) mass is 304 g/mol. The highest BCUT2D eigenvalue weighted by molar-refractivity contribution is 7.99. The second kappa shape index (κ2) is 5.54. The molecule has 0 amide bonds. The number of carbonyl (C=O) groups is 1. The van der Waals surface area contributed by atoms with Gasteiger partial charge in [-0.05, 0) is 18.9 Å². The van der Waals surface area contributed by atoms with Gasteiger partial charge in [0, 0.05) is 12.2 Å². The molecule has 8 heteroatoms. The Bertz CT molecular complexity index is 576. The third kappa shape index (κ3) is 4.54. The predicted octanol–water partition coefficient (Wildman–Crippen LogP) is 0.982. The van der Waals surface area contributed by atoms with Crippen LogP contribution in [-0.4, -0.2) is 47.0 Å². The molecule has 1 fully saturated rings. The van der Waals surface area contributed by atoms with Crippen LogP contribution < -0.4 is 0 Å². The summed E-state index contributed by atoms with van der Waals surface area (Å²) in [7, 11) is -3.05. The molecule has 1 saturated carbocycles. The average Bonchev–Trinajstić information content (AvgIpc) is 3.04. The van der Waals surface area contributed by atoms with E-state index in [0.29, 0.717) is 5.92 Å². The van der Waals surface area contributed by atoms with Crippen LogP contribution in [0, 0.1) is 0 Å². The molecular weight excluding hydrogens is 288 g/mol. The van der Waals surface area contributed by atoms with Crippen LogP contribution >= 0.6 is 11.8 Å². The third-order valence-corrected chi connectivity index (χ3v) is 4.71. The standard InChI is InChI=1S/C11H16N2O4S2/c1-19(16,17)5-4-13-10(18-7-11(14)15)6-9(12-13)8-2-3-8/h6,8H,2-5,7H2,1H3,(H,14,15). The number of hydrogen-bond acceptors (Lipinski definition) is 5. The van der Waals surface area contributed by atoms with Crippen molar-refractivity contribution in [3.05, 3.63) is 11.8 Å². The highest BCUT2D eigenvalue weighted by Crippen LogP contribution is 2.40. The topological polar surface area (TPSA) is 89.3 Å². The fourth-order valence-corrected chi connectivity index (χ4v) is 2.92. The zero-order valence-electron chi connectivity index (χ0n) is 10.6. The van der Waals surface area contributed by atoms with Crippen LogP contribution in [-0.2, 0) is 21.2 Å². The molecule has 0 aliphatic heterocycles. The quantitative estimate of drug-likeness (QED) is 0.755. The van der Waals surface area contributed by atoms with Crippen LogP contribution in [0.3, 0.4) is 0 Å². The molecule has 0 unspecified atom stereocenters. The first kappa shape index (κ1) is 14.4. The summed E-state index contributed by atoms with van der Waals surface area (Å²) in [5.41, 5.74) is 0.946. The molecule has 1 N–H and O–H groups in total. The van der Waals surface area contributed by atoms with Crippen LogP contribution in [0.4, 0.5) is 0 Å². The van der Waals surface area contributed by atoms with Gasteiger partial charge < -0.3 is 5.11 Å². The van der Waals surface area contributed by atoms with Crippen molar-refractivity contribution < 1.29 is 18.3 Å². The highest BCUT2D eigenvalue weighted by atomic mass is 32.2. The van der Waals surface area contributed by atoms with Crippen molar-refractivity contribution in [2.45, 2.75) is 30.3 Å². The van der Waals surface area contributed by atoms with Crippen LogP contribution in [0.25, 0.3) is 0 Å². The molecular formula is C11H16N2O4S2. The van der Waals surface area contributed by atoms with Crippen LogP contribution in [0.2, 0.25) is 0 Å². The van der Waals surface area contributed by atoms with Gasteiger partial charge in [0.1, 0.15) is 9.84 Å². The predicted molar refractivity (Wildman–Crippen MR) is 72.3 cm³/mol. The molecule has 19 heavy (non-hydrogen) atoms. The van der Waals surface area contributed by atoms with E-state index in [2.05, 4.69) is 5.10 Å². The first-order chi connectivity index (χ1) is 8.85. The Morgan fingerprint density at radius 2 is 2.26 bits per heavy atom. The maximum Gasteiger partial charge on any atom is 0.313 e. The van der Waals surface area contributed by atoms with Gasteiger partial charge in [-0.3, -0.25) is 9.48 Å². The fraction of sp³-hybridized carbons (Fsp3) is 0.636. The Morgan fingerprint density at radius 1 is 1.58 bits per heavy atom. The van der Waals surface area contributed by atoms with Gasteiger partial charge in [-0.2, -0.15) is 5.10 Å². The molecule has 1 aliphatic carbocycles. The number of rotatable bonds is 7. The molecule has 1 aromatic heterocycles. The fourth-order valence-electron chi connectivity index (χ4n) is 1.66. The Morgan fingerprint density at radius 3 is 2.79 bits per heavy atom. The van der Waals surface area contributed by atoms with Crippen LogP contribution in [0.5, 0.6) is 0 Å². The van der Waals surface area contributed by atoms with Gasteiger partial charge in [-0.1, -0.05) is 11.8 Å². The van der Waals surface area contributed by atoms with Gasteiger partial charge in [0.25, 0.3) is 0 Å².